The van der Waals surface area contributed by atoms with Crippen LogP contribution in [-0.2, 0) is 0 Å². The van der Waals surface area contributed by atoms with Crippen molar-refractivity contribution in [3.8, 4) is 0 Å². The van der Waals surface area contributed by atoms with E-state index in [4.69, 9.17) is 0 Å². The molecule has 0 unspecified atom stereocenters. The molecule has 0 aliphatic rings. The molecule has 3 aromatic rings. The summed E-state index contributed by atoms with van der Waals surface area (Å²) in [6.45, 7) is 0. The standard InChI is InChI=1S/C6H2N4O6/c11-7-3-1-4-6(10(14)16-8(4)12)2-5(3)9(13)15-7/h1-2H/q-4. The molecule has 86 valence electrons. The summed E-state index contributed by atoms with van der Waals surface area (Å²) < 4.78 is 8.31. The number of nitrogens with zero attached hydrogens (tertiary/aromatic N) is 4. The minimum absolute atomic E-state index is 0.0656. The van der Waals surface area contributed by atoms with E-state index in [0.29, 0.717) is 0 Å². The van der Waals surface area contributed by atoms with Crippen LogP contribution >= 0.6 is 0 Å². The van der Waals surface area contributed by atoms with E-state index in [1.807, 2.05) is 0 Å². The number of hydrogen-bond donors (Lipinski definition) is 0. The lowest BCUT2D eigenvalue weighted by Gasteiger charge is -2.00. The zero-order chi connectivity index (χ0) is 11.4. The lowest BCUT2D eigenvalue weighted by atomic mass is 10.3. The molecule has 0 amide bonds. The number of rotatable bonds is 0. The summed E-state index contributed by atoms with van der Waals surface area (Å²) in [5, 5.41) is 44.3. The maximum absolute atomic E-state index is 11.1. The Kier molecular flexibility index (Phi) is 1.29. The van der Waals surface area contributed by atoms with Gasteiger partial charge in [-0.3, -0.25) is 0 Å². The van der Waals surface area contributed by atoms with Crippen LogP contribution in [0, 0.1) is 20.8 Å². The third-order valence-electron chi connectivity index (χ3n) is 2.16. The van der Waals surface area contributed by atoms with E-state index in [9.17, 15) is 20.8 Å². The summed E-state index contributed by atoms with van der Waals surface area (Å²) in [6, 6.07) is 2.06. The van der Waals surface area contributed by atoms with Crippen molar-refractivity contribution in [2.75, 3.05) is 0 Å². The van der Waals surface area contributed by atoms with Crippen molar-refractivity contribution in [2.45, 2.75) is 0 Å². The van der Waals surface area contributed by atoms with Gasteiger partial charge in [0.15, 0.2) is 0 Å². The molecule has 10 heteroatoms. The van der Waals surface area contributed by atoms with E-state index >= 15 is 0 Å². The molecule has 0 radical (unpaired) electrons. The summed E-state index contributed by atoms with van der Waals surface area (Å²) >= 11 is 0. The van der Waals surface area contributed by atoms with Crippen LogP contribution in [-0.4, -0.2) is 19.6 Å². The first-order valence-electron chi connectivity index (χ1n) is 4.01. The van der Waals surface area contributed by atoms with Gasteiger partial charge in [0.05, 0.1) is 22.1 Å². The van der Waals surface area contributed by atoms with Crippen LogP contribution in [0.3, 0.4) is 0 Å². The average Bonchev–Trinajstić information content (AvgIpc) is 2.67. The fraction of sp³-hybridized carbons (Fsp3) is 0. The predicted octanol–water partition coefficient (Wildman–Crippen LogP) is 0.893. The maximum atomic E-state index is 11.1. The smallest absolute Gasteiger partial charge is 0.0989 e. The summed E-state index contributed by atoms with van der Waals surface area (Å²) in [6.07, 6.45) is 0. The maximum Gasteiger partial charge on any atom is 0.0989 e. The zero-order valence-corrected chi connectivity index (χ0v) is 7.39. The molecule has 0 aliphatic heterocycles. The molecule has 0 saturated carbocycles. The van der Waals surface area contributed by atoms with Crippen LogP contribution in [0.25, 0.3) is 22.1 Å². The van der Waals surface area contributed by atoms with Gasteiger partial charge in [0.1, 0.15) is 0 Å². The van der Waals surface area contributed by atoms with Gasteiger partial charge in [-0.25, -0.2) is 19.6 Å². The largest absolute Gasteiger partial charge is 0.460 e. The van der Waals surface area contributed by atoms with Crippen LogP contribution in [0.5, 0.6) is 0 Å². The minimum Gasteiger partial charge on any atom is -0.460 e. The van der Waals surface area contributed by atoms with E-state index in [-0.39, 0.29) is 41.7 Å². The van der Waals surface area contributed by atoms with Gasteiger partial charge in [-0.1, -0.05) is 0 Å². The Balaban J connectivity index is 2.58. The second kappa shape index (κ2) is 2.42. The molecule has 16 heavy (non-hydrogen) atoms. The predicted molar refractivity (Wildman–Crippen MR) is 50.6 cm³/mol. The van der Waals surface area contributed by atoms with Crippen LogP contribution in [0.1, 0.15) is 0 Å². The Hall–Kier alpha value is -2.78. The molecule has 10 nitrogen and oxygen atoms in total. The average molecular weight is 226 g/mol. The van der Waals surface area contributed by atoms with Gasteiger partial charge in [0, 0.05) is 0 Å². The zero-order valence-electron chi connectivity index (χ0n) is 7.39. The first-order valence-corrected chi connectivity index (χ1v) is 4.01. The summed E-state index contributed by atoms with van der Waals surface area (Å²) in [5.74, 6) is 0. The minimum atomic E-state index is -0.173. The lowest BCUT2D eigenvalue weighted by molar-refractivity contribution is 0.209. The molecule has 3 rings (SSSR count). The van der Waals surface area contributed by atoms with Crippen molar-refractivity contribution in [2.24, 2.45) is 0 Å². The molecular formula is C6H2N4O6-4. The van der Waals surface area contributed by atoms with Gasteiger partial charge < -0.3 is 30.1 Å². The monoisotopic (exact) mass is 226 g/mol. The molecular weight excluding hydrogens is 224 g/mol. The van der Waals surface area contributed by atoms with Gasteiger partial charge in [-0.05, 0) is 12.1 Å². The molecule has 0 atom stereocenters. The van der Waals surface area contributed by atoms with Gasteiger partial charge in [-0.15, -0.1) is 0 Å². The van der Waals surface area contributed by atoms with Gasteiger partial charge >= 0.3 is 0 Å². The van der Waals surface area contributed by atoms with Crippen molar-refractivity contribution in [3.05, 3.63) is 33.0 Å². The molecule has 2 aromatic heterocycles. The SMILES string of the molecule is [O-]n1on([O-])c2cc3c(cc21)n([O-])on3[O-]. The van der Waals surface area contributed by atoms with Gasteiger partial charge in [-0.2, -0.15) is 0 Å². The van der Waals surface area contributed by atoms with E-state index in [0.717, 1.165) is 12.1 Å². The van der Waals surface area contributed by atoms with Crippen molar-refractivity contribution >= 4 is 22.1 Å². The molecule has 0 fully saturated rings. The second-order valence-corrected chi connectivity index (χ2v) is 3.02. The molecule has 0 spiro atoms. The Labute approximate surface area is 84.9 Å². The highest BCUT2D eigenvalue weighted by atomic mass is 16.9. The van der Waals surface area contributed by atoms with Gasteiger partial charge in [0.25, 0.3) is 0 Å². The summed E-state index contributed by atoms with van der Waals surface area (Å²) in [5.41, 5.74) is -0.691. The van der Waals surface area contributed by atoms with Crippen molar-refractivity contribution in [3.63, 3.8) is 0 Å². The molecule has 0 bridgehead atoms. The fourth-order valence-electron chi connectivity index (χ4n) is 1.45. The summed E-state index contributed by atoms with van der Waals surface area (Å²) in [7, 11) is 0. The van der Waals surface area contributed by atoms with Crippen molar-refractivity contribution in [1.82, 2.24) is 19.6 Å². The highest BCUT2D eigenvalue weighted by Crippen LogP contribution is 2.23. The Morgan fingerprint density at radius 1 is 0.625 bits per heavy atom. The molecule has 0 N–H and O–H groups in total. The number of aromatic nitrogens is 4. The van der Waals surface area contributed by atoms with Crippen LogP contribution in [0.4, 0.5) is 0 Å². The molecule has 2 heterocycles. The Bertz CT molecular complexity index is 600. The van der Waals surface area contributed by atoms with Crippen LogP contribution in [0.2, 0.25) is 0 Å². The van der Waals surface area contributed by atoms with Crippen LogP contribution in [0.15, 0.2) is 21.4 Å². The van der Waals surface area contributed by atoms with E-state index in [2.05, 4.69) is 9.26 Å². The lowest BCUT2D eigenvalue weighted by Crippen LogP contribution is -1.85. The summed E-state index contributed by atoms with van der Waals surface area (Å²) in [4.78, 5) is -0.262. The normalized spacial score (nSPS) is 11.5. The number of fused-ring (bicyclic) bond motifs is 2. The van der Waals surface area contributed by atoms with Gasteiger partial charge in [0.2, 0.25) is 0 Å². The third-order valence-corrected chi connectivity index (χ3v) is 2.16. The molecule has 0 saturated heterocycles. The highest BCUT2D eigenvalue weighted by Gasteiger charge is 2.07. The number of hydrogen-bond acceptors (Lipinski definition) is 6. The van der Waals surface area contributed by atoms with E-state index in [1.54, 1.807) is 0 Å². The Morgan fingerprint density at radius 2 is 0.875 bits per heavy atom. The first-order chi connectivity index (χ1) is 7.58. The van der Waals surface area contributed by atoms with E-state index in [1.165, 1.54) is 0 Å². The first kappa shape index (κ1) is 8.52. The third kappa shape index (κ3) is 0.846. The second-order valence-electron chi connectivity index (χ2n) is 3.02. The quantitative estimate of drug-likeness (QED) is 0.557. The fourth-order valence-corrected chi connectivity index (χ4v) is 1.45. The van der Waals surface area contributed by atoms with Crippen LogP contribution < -0.4 is 0 Å². The topological polar surface area (TPSA) is 138 Å². The molecule has 1 aromatic carbocycles. The molecule has 0 aliphatic carbocycles. The van der Waals surface area contributed by atoms with Crippen molar-refractivity contribution in [1.29, 1.82) is 0 Å². The Morgan fingerprint density at radius 3 is 1.12 bits per heavy atom. The van der Waals surface area contributed by atoms with E-state index < -0.39 is 0 Å². The highest BCUT2D eigenvalue weighted by molar-refractivity contribution is 5.91. The van der Waals surface area contributed by atoms with Crippen molar-refractivity contribution < 1.29 is 9.26 Å². The number of benzene rings is 1.